The minimum atomic E-state index is -0.854. The molecular weight excluding hydrogens is 248 g/mol. The first-order valence-corrected chi connectivity index (χ1v) is 6.26. The Bertz CT molecular complexity index is 549. The predicted molar refractivity (Wildman–Crippen MR) is 70.5 cm³/mol. The molecule has 0 atom stereocenters. The van der Waals surface area contributed by atoms with Gasteiger partial charge in [-0.05, 0) is 30.7 Å². The van der Waals surface area contributed by atoms with Gasteiger partial charge in [0.15, 0.2) is 11.6 Å². The lowest BCUT2D eigenvalue weighted by molar-refractivity contribution is 0.509. The maximum absolute atomic E-state index is 13.2. The Labute approximate surface area is 111 Å². The number of aromatic nitrogens is 2. The molecule has 3 nitrogen and oxygen atoms in total. The van der Waals surface area contributed by atoms with Crippen molar-refractivity contribution in [3.63, 3.8) is 0 Å². The quantitative estimate of drug-likeness (QED) is 0.872. The Kier molecular flexibility index (Phi) is 4.27. The zero-order valence-electron chi connectivity index (χ0n) is 11.0. The van der Waals surface area contributed by atoms with Crippen molar-refractivity contribution in [2.75, 3.05) is 6.54 Å². The smallest absolute Gasteiger partial charge is 0.159 e. The van der Waals surface area contributed by atoms with E-state index in [-0.39, 0.29) is 0 Å². The summed E-state index contributed by atoms with van der Waals surface area (Å²) in [5.74, 6) is -1.14. The molecular formula is C14H17F2N3. The molecule has 102 valence electrons. The monoisotopic (exact) mass is 265 g/mol. The molecule has 2 aromatic rings. The van der Waals surface area contributed by atoms with Gasteiger partial charge in [0.2, 0.25) is 0 Å². The molecule has 0 aliphatic rings. The fourth-order valence-electron chi connectivity index (χ4n) is 1.84. The van der Waals surface area contributed by atoms with Crippen molar-refractivity contribution in [1.82, 2.24) is 15.5 Å². The van der Waals surface area contributed by atoms with Gasteiger partial charge >= 0.3 is 0 Å². The summed E-state index contributed by atoms with van der Waals surface area (Å²) in [6.07, 6.45) is 1.70. The van der Waals surface area contributed by atoms with Crippen LogP contribution in [0.5, 0.6) is 0 Å². The third kappa shape index (κ3) is 3.38. The Morgan fingerprint density at radius 1 is 1.26 bits per heavy atom. The van der Waals surface area contributed by atoms with Crippen molar-refractivity contribution in [1.29, 1.82) is 0 Å². The van der Waals surface area contributed by atoms with E-state index in [0.29, 0.717) is 18.0 Å². The maximum atomic E-state index is 13.2. The van der Waals surface area contributed by atoms with Crippen LogP contribution >= 0.6 is 0 Å². The minimum absolute atomic E-state index is 0.554. The summed E-state index contributed by atoms with van der Waals surface area (Å²) in [5.41, 5.74) is 2.25. The lowest BCUT2D eigenvalue weighted by Crippen LogP contribution is -2.19. The van der Waals surface area contributed by atoms with Crippen LogP contribution < -0.4 is 5.32 Å². The van der Waals surface area contributed by atoms with E-state index in [9.17, 15) is 8.78 Å². The average molecular weight is 265 g/mol. The summed E-state index contributed by atoms with van der Waals surface area (Å²) >= 11 is 0. The zero-order chi connectivity index (χ0) is 13.8. The molecule has 19 heavy (non-hydrogen) atoms. The standard InChI is InChI=1S/C14H17F2N3/c1-9(2)6-17-7-11-8-18-19-14(11)10-3-4-12(15)13(16)5-10/h3-5,8-9,17H,6-7H2,1-2H3,(H,18,19). The van der Waals surface area contributed by atoms with Gasteiger partial charge in [-0.3, -0.25) is 5.10 Å². The second kappa shape index (κ2) is 5.93. The Morgan fingerprint density at radius 3 is 2.74 bits per heavy atom. The van der Waals surface area contributed by atoms with Crippen molar-refractivity contribution in [2.24, 2.45) is 5.92 Å². The normalized spacial score (nSPS) is 11.2. The van der Waals surface area contributed by atoms with Crippen molar-refractivity contribution in [3.8, 4) is 11.3 Å². The number of rotatable bonds is 5. The molecule has 0 amide bonds. The molecule has 0 aliphatic carbocycles. The van der Waals surface area contributed by atoms with E-state index < -0.39 is 11.6 Å². The van der Waals surface area contributed by atoms with Crippen LogP contribution in [-0.2, 0) is 6.54 Å². The lowest BCUT2D eigenvalue weighted by atomic mass is 10.1. The van der Waals surface area contributed by atoms with Gasteiger partial charge in [0.25, 0.3) is 0 Å². The molecule has 2 N–H and O–H groups in total. The zero-order valence-corrected chi connectivity index (χ0v) is 11.0. The molecule has 1 aromatic heterocycles. The molecule has 0 aliphatic heterocycles. The highest BCUT2D eigenvalue weighted by Crippen LogP contribution is 2.22. The molecule has 0 fully saturated rings. The first kappa shape index (κ1) is 13.7. The average Bonchev–Trinajstić information content (AvgIpc) is 2.80. The highest BCUT2D eigenvalue weighted by atomic mass is 19.2. The summed E-state index contributed by atoms with van der Waals surface area (Å²) < 4.78 is 26.2. The van der Waals surface area contributed by atoms with E-state index >= 15 is 0 Å². The Morgan fingerprint density at radius 2 is 2.05 bits per heavy atom. The van der Waals surface area contributed by atoms with Gasteiger partial charge in [0, 0.05) is 17.7 Å². The van der Waals surface area contributed by atoms with Crippen LogP contribution in [0, 0.1) is 17.6 Å². The number of nitrogens with one attached hydrogen (secondary N) is 2. The fourth-order valence-corrected chi connectivity index (χ4v) is 1.84. The third-order valence-electron chi connectivity index (χ3n) is 2.79. The van der Waals surface area contributed by atoms with Gasteiger partial charge in [-0.15, -0.1) is 0 Å². The van der Waals surface area contributed by atoms with E-state index in [1.54, 1.807) is 6.20 Å². The molecule has 5 heteroatoms. The van der Waals surface area contributed by atoms with E-state index in [1.165, 1.54) is 12.1 Å². The molecule has 1 heterocycles. The topological polar surface area (TPSA) is 40.7 Å². The number of benzene rings is 1. The second-order valence-electron chi connectivity index (χ2n) is 4.92. The van der Waals surface area contributed by atoms with Crippen molar-refractivity contribution in [3.05, 3.63) is 41.6 Å². The van der Waals surface area contributed by atoms with Crippen LogP contribution in [0.2, 0.25) is 0 Å². The molecule has 0 saturated heterocycles. The predicted octanol–water partition coefficient (Wildman–Crippen LogP) is 3.10. The van der Waals surface area contributed by atoms with Crippen molar-refractivity contribution in [2.45, 2.75) is 20.4 Å². The van der Waals surface area contributed by atoms with Crippen LogP contribution in [0.25, 0.3) is 11.3 Å². The van der Waals surface area contributed by atoms with Gasteiger partial charge in [0.05, 0.1) is 11.9 Å². The van der Waals surface area contributed by atoms with E-state index in [0.717, 1.165) is 23.9 Å². The number of hydrogen-bond donors (Lipinski definition) is 2. The van der Waals surface area contributed by atoms with E-state index in [4.69, 9.17) is 0 Å². The lowest BCUT2D eigenvalue weighted by Gasteiger charge is -2.08. The van der Waals surface area contributed by atoms with Gasteiger partial charge in [-0.1, -0.05) is 13.8 Å². The second-order valence-corrected chi connectivity index (χ2v) is 4.92. The maximum Gasteiger partial charge on any atom is 0.159 e. The first-order chi connectivity index (χ1) is 9.08. The Hall–Kier alpha value is -1.75. The molecule has 0 unspecified atom stereocenters. The van der Waals surface area contributed by atoms with Crippen LogP contribution in [0.3, 0.4) is 0 Å². The van der Waals surface area contributed by atoms with Gasteiger partial charge in [-0.25, -0.2) is 8.78 Å². The van der Waals surface area contributed by atoms with Gasteiger partial charge in [-0.2, -0.15) is 5.10 Å². The summed E-state index contributed by atoms with van der Waals surface area (Å²) in [4.78, 5) is 0. The summed E-state index contributed by atoms with van der Waals surface area (Å²) in [6.45, 7) is 5.78. The summed E-state index contributed by atoms with van der Waals surface area (Å²) in [5, 5.41) is 10.1. The number of H-pyrrole nitrogens is 1. The van der Waals surface area contributed by atoms with E-state index in [1.807, 2.05) is 0 Å². The Balaban J connectivity index is 2.16. The largest absolute Gasteiger partial charge is 0.312 e. The van der Waals surface area contributed by atoms with Crippen LogP contribution in [0.1, 0.15) is 19.4 Å². The van der Waals surface area contributed by atoms with Crippen LogP contribution in [-0.4, -0.2) is 16.7 Å². The molecule has 2 rings (SSSR count). The highest BCUT2D eigenvalue weighted by molar-refractivity contribution is 5.62. The van der Waals surface area contributed by atoms with E-state index in [2.05, 4.69) is 29.4 Å². The van der Waals surface area contributed by atoms with Gasteiger partial charge in [0.1, 0.15) is 0 Å². The molecule has 0 spiro atoms. The number of aromatic amines is 1. The molecule has 0 saturated carbocycles. The number of nitrogens with zero attached hydrogens (tertiary/aromatic N) is 1. The SMILES string of the molecule is CC(C)CNCc1cn[nH]c1-c1ccc(F)c(F)c1. The van der Waals surface area contributed by atoms with Gasteiger partial charge < -0.3 is 5.32 Å². The van der Waals surface area contributed by atoms with Crippen LogP contribution in [0.15, 0.2) is 24.4 Å². The highest BCUT2D eigenvalue weighted by Gasteiger charge is 2.10. The molecule has 1 aromatic carbocycles. The fraction of sp³-hybridized carbons (Fsp3) is 0.357. The third-order valence-corrected chi connectivity index (χ3v) is 2.79. The molecule has 0 radical (unpaired) electrons. The molecule has 0 bridgehead atoms. The summed E-state index contributed by atoms with van der Waals surface area (Å²) in [7, 11) is 0. The number of halogens is 2. The first-order valence-electron chi connectivity index (χ1n) is 6.26. The van der Waals surface area contributed by atoms with Crippen molar-refractivity contribution >= 4 is 0 Å². The van der Waals surface area contributed by atoms with Crippen LogP contribution in [0.4, 0.5) is 8.78 Å². The van der Waals surface area contributed by atoms with Crippen molar-refractivity contribution < 1.29 is 8.78 Å². The minimum Gasteiger partial charge on any atom is -0.312 e. The number of hydrogen-bond acceptors (Lipinski definition) is 2. The summed E-state index contributed by atoms with van der Waals surface area (Å²) in [6, 6.07) is 3.84.